The fraction of sp³-hybridized carbons (Fsp3) is 0.909. The Kier molecular flexibility index (Phi) is 6.52. The second kappa shape index (κ2) is 6.80. The van der Waals surface area contributed by atoms with Gasteiger partial charge in [0, 0.05) is 19.1 Å². The molecule has 4 nitrogen and oxygen atoms in total. The number of carbonyl (C=O) groups excluding carboxylic acids is 1. The predicted molar refractivity (Wildman–Crippen MR) is 63.7 cm³/mol. The van der Waals surface area contributed by atoms with Gasteiger partial charge in [-0.15, -0.1) is 0 Å². The van der Waals surface area contributed by atoms with E-state index in [0.717, 1.165) is 6.42 Å². The van der Waals surface area contributed by atoms with E-state index in [-0.39, 0.29) is 11.9 Å². The highest BCUT2D eigenvalue weighted by atomic mass is 16.2. The molecule has 1 atom stereocenters. The van der Waals surface area contributed by atoms with Gasteiger partial charge in [-0.2, -0.15) is 0 Å². The van der Waals surface area contributed by atoms with Crippen molar-refractivity contribution in [2.24, 2.45) is 5.73 Å². The van der Waals surface area contributed by atoms with Crippen molar-refractivity contribution in [2.75, 3.05) is 27.2 Å². The molecule has 0 aliphatic carbocycles. The molecule has 0 bridgehead atoms. The lowest BCUT2D eigenvalue weighted by molar-refractivity contribution is -0.132. The first-order valence-corrected chi connectivity index (χ1v) is 5.56. The molecular weight excluding hydrogens is 190 g/mol. The highest BCUT2D eigenvalue weighted by Gasteiger charge is 2.16. The highest BCUT2D eigenvalue weighted by molar-refractivity contribution is 5.78. The summed E-state index contributed by atoms with van der Waals surface area (Å²) in [7, 11) is 3.81. The van der Waals surface area contributed by atoms with Crippen molar-refractivity contribution in [3.8, 4) is 0 Å². The van der Waals surface area contributed by atoms with Gasteiger partial charge in [-0.1, -0.05) is 0 Å². The SMILES string of the molecule is CC(CCN)N(C)CC(=O)N(C)C(C)C. The van der Waals surface area contributed by atoms with Gasteiger partial charge in [0.2, 0.25) is 5.91 Å². The summed E-state index contributed by atoms with van der Waals surface area (Å²) < 4.78 is 0. The minimum atomic E-state index is 0.163. The number of nitrogens with two attached hydrogens (primary N) is 1. The quantitative estimate of drug-likeness (QED) is 0.703. The van der Waals surface area contributed by atoms with Crippen LogP contribution in [0.1, 0.15) is 27.2 Å². The molecule has 0 rings (SSSR count). The van der Waals surface area contributed by atoms with Gasteiger partial charge in [-0.05, 0) is 40.8 Å². The monoisotopic (exact) mass is 215 g/mol. The Morgan fingerprint density at radius 2 is 1.80 bits per heavy atom. The van der Waals surface area contributed by atoms with Gasteiger partial charge in [-0.25, -0.2) is 0 Å². The maximum atomic E-state index is 11.8. The number of nitrogens with zero attached hydrogens (tertiary/aromatic N) is 2. The van der Waals surface area contributed by atoms with E-state index in [4.69, 9.17) is 5.73 Å². The number of hydrogen-bond donors (Lipinski definition) is 1. The van der Waals surface area contributed by atoms with Gasteiger partial charge in [-0.3, -0.25) is 9.69 Å². The van der Waals surface area contributed by atoms with Gasteiger partial charge in [0.1, 0.15) is 0 Å². The van der Waals surface area contributed by atoms with E-state index in [1.165, 1.54) is 0 Å². The first-order valence-electron chi connectivity index (χ1n) is 5.56. The van der Waals surface area contributed by atoms with Crippen LogP contribution in [0.5, 0.6) is 0 Å². The molecule has 90 valence electrons. The lowest BCUT2D eigenvalue weighted by Crippen LogP contribution is -2.43. The molecule has 0 saturated heterocycles. The average molecular weight is 215 g/mol. The second-order valence-electron chi connectivity index (χ2n) is 4.44. The predicted octanol–water partition coefficient (Wildman–Crippen LogP) is 0.522. The lowest BCUT2D eigenvalue weighted by atomic mass is 10.2. The van der Waals surface area contributed by atoms with E-state index in [1.807, 2.05) is 32.8 Å². The van der Waals surface area contributed by atoms with E-state index >= 15 is 0 Å². The summed E-state index contributed by atoms with van der Waals surface area (Å²) in [4.78, 5) is 15.6. The first kappa shape index (κ1) is 14.4. The summed E-state index contributed by atoms with van der Waals surface area (Å²) in [5, 5.41) is 0. The van der Waals surface area contributed by atoms with Crippen LogP contribution in [0.3, 0.4) is 0 Å². The summed E-state index contributed by atoms with van der Waals surface area (Å²) in [6.07, 6.45) is 0.926. The van der Waals surface area contributed by atoms with Crippen molar-refractivity contribution in [1.82, 2.24) is 9.80 Å². The third kappa shape index (κ3) is 5.14. The average Bonchev–Trinajstić information content (AvgIpc) is 2.16. The summed E-state index contributed by atoms with van der Waals surface area (Å²) >= 11 is 0. The zero-order valence-electron chi connectivity index (χ0n) is 10.7. The van der Waals surface area contributed by atoms with Gasteiger partial charge in [0.15, 0.2) is 0 Å². The van der Waals surface area contributed by atoms with Crippen molar-refractivity contribution in [2.45, 2.75) is 39.3 Å². The minimum Gasteiger partial charge on any atom is -0.342 e. The number of amides is 1. The Labute approximate surface area is 93.4 Å². The van der Waals surface area contributed by atoms with Crippen molar-refractivity contribution < 1.29 is 4.79 Å². The Balaban J connectivity index is 4.05. The van der Waals surface area contributed by atoms with Gasteiger partial charge >= 0.3 is 0 Å². The molecule has 15 heavy (non-hydrogen) atoms. The first-order chi connectivity index (χ1) is 6.90. The zero-order chi connectivity index (χ0) is 12.0. The van der Waals surface area contributed by atoms with Crippen LogP contribution in [0.2, 0.25) is 0 Å². The topological polar surface area (TPSA) is 49.6 Å². The molecule has 1 amide bonds. The fourth-order valence-corrected chi connectivity index (χ4v) is 1.23. The van der Waals surface area contributed by atoms with E-state index in [0.29, 0.717) is 19.1 Å². The number of carbonyl (C=O) groups is 1. The zero-order valence-corrected chi connectivity index (χ0v) is 10.7. The number of likely N-dealkylation sites (N-methyl/N-ethyl adjacent to an activating group) is 2. The van der Waals surface area contributed by atoms with E-state index < -0.39 is 0 Å². The van der Waals surface area contributed by atoms with Crippen molar-refractivity contribution in [1.29, 1.82) is 0 Å². The van der Waals surface area contributed by atoms with Crippen LogP contribution in [0, 0.1) is 0 Å². The van der Waals surface area contributed by atoms with Crippen molar-refractivity contribution >= 4 is 5.91 Å². The van der Waals surface area contributed by atoms with Crippen LogP contribution in [-0.4, -0.2) is 55.0 Å². The van der Waals surface area contributed by atoms with Crippen LogP contribution in [-0.2, 0) is 4.79 Å². The molecule has 0 spiro atoms. The smallest absolute Gasteiger partial charge is 0.236 e. The molecule has 0 radical (unpaired) electrons. The van der Waals surface area contributed by atoms with Crippen LogP contribution in [0.15, 0.2) is 0 Å². The summed E-state index contributed by atoms with van der Waals surface area (Å²) in [6, 6.07) is 0.621. The molecule has 2 N–H and O–H groups in total. The van der Waals surface area contributed by atoms with Gasteiger partial charge in [0.25, 0.3) is 0 Å². The molecular formula is C11H25N3O. The number of rotatable bonds is 6. The molecule has 0 saturated carbocycles. The molecule has 1 unspecified atom stereocenters. The lowest BCUT2D eigenvalue weighted by Gasteiger charge is -2.28. The molecule has 0 aromatic heterocycles. The van der Waals surface area contributed by atoms with E-state index in [2.05, 4.69) is 6.92 Å². The van der Waals surface area contributed by atoms with Crippen LogP contribution in [0.25, 0.3) is 0 Å². The van der Waals surface area contributed by atoms with Crippen LogP contribution < -0.4 is 5.73 Å². The summed E-state index contributed by atoms with van der Waals surface area (Å²) in [5.74, 6) is 0.163. The summed E-state index contributed by atoms with van der Waals surface area (Å²) in [5.41, 5.74) is 5.48. The van der Waals surface area contributed by atoms with Crippen molar-refractivity contribution in [3.05, 3.63) is 0 Å². The van der Waals surface area contributed by atoms with E-state index in [1.54, 1.807) is 4.90 Å². The molecule has 0 aliphatic rings. The van der Waals surface area contributed by atoms with Crippen LogP contribution in [0.4, 0.5) is 0 Å². The highest BCUT2D eigenvalue weighted by Crippen LogP contribution is 2.02. The largest absolute Gasteiger partial charge is 0.342 e. The normalized spacial score (nSPS) is 13.3. The maximum Gasteiger partial charge on any atom is 0.236 e. The Morgan fingerprint density at radius 1 is 1.27 bits per heavy atom. The third-order valence-corrected chi connectivity index (χ3v) is 2.89. The third-order valence-electron chi connectivity index (χ3n) is 2.89. The van der Waals surface area contributed by atoms with Crippen LogP contribution >= 0.6 is 0 Å². The Morgan fingerprint density at radius 3 is 2.20 bits per heavy atom. The molecule has 0 fully saturated rings. The fourth-order valence-electron chi connectivity index (χ4n) is 1.23. The van der Waals surface area contributed by atoms with Crippen molar-refractivity contribution in [3.63, 3.8) is 0 Å². The van der Waals surface area contributed by atoms with Gasteiger partial charge < -0.3 is 10.6 Å². The Hall–Kier alpha value is -0.610. The number of hydrogen-bond acceptors (Lipinski definition) is 3. The van der Waals surface area contributed by atoms with E-state index in [9.17, 15) is 4.79 Å². The standard InChI is InChI=1S/C11H25N3O/c1-9(2)14(5)11(15)8-13(4)10(3)6-7-12/h9-10H,6-8,12H2,1-5H3. The molecule has 0 heterocycles. The second-order valence-corrected chi connectivity index (χ2v) is 4.44. The summed E-state index contributed by atoms with van der Waals surface area (Å²) in [6.45, 7) is 7.26. The molecule has 0 aromatic carbocycles. The minimum absolute atomic E-state index is 0.163. The van der Waals surface area contributed by atoms with Gasteiger partial charge in [0.05, 0.1) is 6.54 Å². The molecule has 0 aromatic rings. The Bertz CT molecular complexity index is 194. The maximum absolute atomic E-state index is 11.8. The molecule has 4 heteroatoms. The molecule has 0 aliphatic heterocycles.